The van der Waals surface area contributed by atoms with E-state index in [4.69, 9.17) is 11.6 Å². The summed E-state index contributed by atoms with van der Waals surface area (Å²) >= 11 is 6.66. The zero-order valence-electron chi connectivity index (χ0n) is 11.0. The molecule has 0 bridgehead atoms. The van der Waals surface area contributed by atoms with Crippen molar-refractivity contribution in [3.63, 3.8) is 0 Å². The Bertz CT molecular complexity index is 703. The Morgan fingerprint density at radius 2 is 1.65 bits per heavy atom. The van der Waals surface area contributed by atoms with E-state index in [9.17, 15) is 5.26 Å². The van der Waals surface area contributed by atoms with Gasteiger partial charge in [0.2, 0.25) is 0 Å². The molecule has 1 nitrogen and oxygen atoms in total. The summed E-state index contributed by atoms with van der Waals surface area (Å²) in [5, 5.41) is 9.56. The molecule has 2 aromatic rings. The number of benzene rings is 2. The molecule has 0 saturated heterocycles. The molecule has 0 N–H and O–H groups in total. The number of fused-ring (bicyclic) bond motifs is 4. The van der Waals surface area contributed by atoms with Crippen LogP contribution in [0, 0.1) is 11.3 Å². The van der Waals surface area contributed by atoms with Gasteiger partial charge in [-0.2, -0.15) is 5.26 Å². The summed E-state index contributed by atoms with van der Waals surface area (Å²) in [7, 11) is 0. The zero-order valence-corrected chi connectivity index (χ0v) is 11.7. The molecule has 2 aliphatic rings. The molecule has 0 heterocycles. The van der Waals surface area contributed by atoms with Crippen molar-refractivity contribution < 1.29 is 0 Å². The Morgan fingerprint density at radius 1 is 1.00 bits per heavy atom. The first-order valence-electron chi connectivity index (χ1n) is 6.98. The van der Waals surface area contributed by atoms with Crippen LogP contribution < -0.4 is 0 Å². The van der Waals surface area contributed by atoms with Gasteiger partial charge in [0.15, 0.2) is 0 Å². The SMILES string of the molecule is N#CC1(Cl)CC(c2ccccc2)C2c3ccccc3C21. The highest BCUT2D eigenvalue weighted by molar-refractivity contribution is 6.27. The quantitative estimate of drug-likeness (QED) is 0.702. The number of nitrogens with zero attached hydrogens (tertiary/aromatic N) is 1. The summed E-state index contributed by atoms with van der Waals surface area (Å²) in [6, 6.07) is 21.3. The molecule has 1 fully saturated rings. The lowest BCUT2D eigenvalue weighted by atomic mass is 9.64. The van der Waals surface area contributed by atoms with Crippen LogP contribution in [0.2, 0.25) is 0 Å². The minimum absolute atomic E-state index is 0.176. The zero-order chi connectivity index (χ0) is 13.7. The number of hydrogen-bond acceptors (Lipinski definition) is 1. The molecule has 0 radical (unpaired) electrons. The van der Waals surface area contributed by atoms with Gasteiger partial charge in [0.1, 0.15) is 4.87 Å². The van der Waals surface area contributed by atoms with Gasteiger partial charge in [-0.3, -0.25) is 0 Å². The van der Waals surface area contributed by atoms with Crippen molar-refractivity contribution in [1.82, 2.24) is 0 Å². The number of rotatable bonds is 1. The molecule has 20 heavy (non-hydrogen) atoms. The van der Waals surface area contributed by atoms with E-state index in [1.807, 2.05) is 12.1 Å². The van der Waals surface area contributed by atoms with Crippen molar-refractivity contribution >= 4 is 11.6 Å². The third kappa shape index (κ3) is 1.43. The summed E-state index contributed by atoms with van der Waals surface area (Å²) in [5.41, 5.74) is 3.95. The molecule has 0 aromatic heterocycles. The van der Waals surface area contributed by atoms with Crippen LogP contribution in [0.15, 0.2) is 54.6 Å². The van der Waals surface area contributed by atoms with E-state index >= 15 is 0 Å². The van der Waals surface area contributed by atoms with E-state index in [2.05, 4.69) is 48.5 Å². The standard InChI is InChI=1S/C18H14ClN/c19-18(11-20)10-15(12-6-2-1-3-7-12)16-13-8-4-5-9-14(13)17(16)18/h1-9,15-17H,10H2. The van der Waals surface area contributed by atoms with Crippen molar-refractivity contribution in [3.05, 3.63) is 71.3 Å². The van der Waals surface area contributed by atoms with Crippen molar-refractivity contribution in [2.24, 2.45) is 0 Å². The maximum absolute atomic E-state index is 9.56. The molecule has 1 saturated carbocycles. The Labute approximate surface area is 123 Å². The number of hydrogen-bond donors (Lipinski definition) is 0. The summed E-state index contributed by atoms with van der Waals surface area (Å²) in [5.74, 6) is 0.926. The van der Waals surface area contributed by atoms with Crippen LogP contribution in [0.4, 0.5) is 0 Å². The summed E-state index contributed by atoms with van der Waals surface area (Å²) in [6.45, 7) is 0. The molecule has 98 valence electrons. The van der Waals surface area contributed by atoms with Crippen LogP contribution >= 0.6 is 11.6 Å². The minimum atomic E-state index is -0.750. The third-order valence-electron chi connectivity index (χ3n) is 4.91. The Balaban J connectivity index is 1.84. The molecule has 0 spiro atoms. The van der Waals surface area contributed by atoms with Crippen LogP contribution in [-0.2, 0) is 0 Å². The predicted octanol–water partition coefficient (Wildman–Crippen LogP) is 4.56. The fourth-order valence-corrected chi connectivity index (χ4v) is 4.49. The fraction of sp³-hybridized carbons (Fsp3) is 0.278. The van der Waals surface area contributed by atoms with E-state index in [0.717, 1.165) is 6.42 Å². The largest absolute Gasteiger partial charge is 0.196 e. The highest BCUT2D eigenvalue weighted by Crippen LogP contribution is 2.67. The second-order valence-corrected chi connectivity index (χ2v) is 6.50. The molecule has 0 aliphatic heterocycles. The Kier molecular flexibility index (Phi) is 2.46. The first kappa shape index (κ1) is 12.0. The smallest absolute Gasteiger partial charge is 0.139 e. The first-order chi connectivity index (χ1) is 9.74. The summed E-state index contributed by atoms with van der Waals surface area (Å²) < 4.78 is 0. The van der Waals surface area contributed by atoms with Gasteiger partial charge < -0.3 is 0 Å². The minimum Gasteiger partial charge on any atom is -0.196 e. The Morgan fingerprint density at radius 3 is 2.35 bits per heavy atom. The molecule has 0 amide bonds. The van der Waals surface area contributed by atoms with Crippen LogP contribution in [-0.4, -0.2) is 4.87 Å². The second kappa shape index (κ2) is 4.11. The molecule has 2 aliphatic carbocycles. The third-order valence-corrected chi connectivity index (χ3v) is 5.38. The van der Waals surface area contributed by atoms with E-state index in [1.54, 1.807) is 0 Å². The van der Waals surface area contributed by atoms with Gasteiger partial charge >= 0.3 is 0 Å². The lowest BCUT2D eigenvalue weighted by molar-refractivity contribution is 0.487. The van der Waals surface area contributed by atoms with E-state index in [0.29, 0.717) is 11.8 Å². The molecule has 4 rings (SSSR count). The predicted molar refractivity (Wildman–Crippen MR) is 79.9 cm³/mol. The number of alkyl halides is 1. The normalized spacial score (nSPS) is 33.7. The highest BCUT2D eigenvalue weighted by Gasteiger charge is 2.60. The lowest BCUT2D eigenvalue weighted by Crippen LogP contribution is -2.32. The maximum atomic E-state index is 9.56. The monoisotopic (exact) mass is 279 g/mol. The molecule has 4 atom stereocenters. The molecule has 2 aromatic carbocycles. The molecular formula is C18H14ClN. The van der Waals surface area contributed by atoms with E-state index in [-0.39, 0.29) is 5.92 Å². The molecule has 2 heteroatoms. The van der Waals surface area contributed by atoms with Crippen LogP contribution in [0.3, 0.4) is 0 Å². The van der Waals surface area contributed by atoms with Gasteiger partial charge in [0.05, 0.1) is 6.07 Å². The molecular weight excluding hydrogens is 266 g/mol. The second-order valence-electron chi connectivity index (χ2n) is 5.83. The topological polar surface area (TPSA) is 23.8 Å². The lowest BCUT2D eigenvalue weighted by Gasteiger charge is -2.40. The van der Waals surface area contributed by atoms with Gasteiger partial charge in [0.25, 0.3) is 0 Å². The summed E-state index contributed by atoms with van der Waals surface area (Å²) in [6.07, 6.45) is 0.735. The van der Waals surface area contributed by atoms with E-state index < -0.39 is 4.87 Å². The van der Waals surface area contributed by atoms with Gasteiger partial charge in [-0.05, 0) is 29.0 Å². The van der Waals surface area contributed by atoms with Crippen molar-refractivity contribution in [3.8, 4) is 6.07 Å². The van der Waals surface area contributed by atoms with E-state index in [1.165, 1.54) is 16.7 Å². The van der Waals surface area contributed by atoms with Gasteiger partial charge in [0, 0.05) is 11.8 Å². The Hall–Kier alpha value is -1.78. The number of halogens is 1. The van der Waals surface area contributed by atoms with Gasteiger partial charge in [-0.15, -0.1) is 11.6 Å². The number of nitriles is 1. The average molecular weight is 280 g/mol. The highest BCUT2D eigenvalue weighted by atomic mass is 35.5. The van der Waals surface area contributed by atoms with Crippen LogP contribution in [0.5, 0.6) is 0 Å². The van der Waals surface area contributed by atoms with Crippen molar-refractivity contribution in [2.75, 3.05) is 0 Å². The van der Waals surface area contributed by atoms with Crippen molar-refractivity contribution in [2.45, 2.75) is 29.0 Å². The maximum Gasteiger partial charge on any atom is 0.139 e. The average Bonchev–Trinajstić information content (AvgIpc) is 2.75. The molecule has 4 unspecified atom stereocenters. The first-order valence-corrected chi connectivity index (χ1v) is 7.36. The van der Waals surface area contributed by atoms with Gasteiger partial charge in [-0.1, -0.05) is 54.6 Å². The van der Waals surface area contributed by atoms with Crippen molar-refractivity contribution in [1.29, 1.82) is 5.26 Å². The summed E-state index contributed by atoms with van der Waals surface area (Å²) in [4.78, 5) is -0.750. The van der Waals surface area contributed by atoms with Gasteiger partial charge in [-0.25, -0.2) is 0 Å². The van der Waals surface area contributed by atoms with Crippen LogP contribution in [0.1, 0.15) is 40.9 Å². The van der Waals surface area contributed by atoms with Crippen LogP contribution in [0.25, 0.3) is 0 Å². The fourth-order valence-electron chi connectivity index (χ4n) is 4.07.